The number of amides is 2. The Morgan fingerprint density at radius 1 is 1.09 bits per heavy atom. The normalized spacial score (nSPS) is 19.5. The predicted molar refractivity (Wildman–Crippen MR) is 130 cm³/mol. The molecule has 0 radical (unpaired) electrons. The highest BCUT2D eigenvalue weighted by Gasteiger charge is 2.35. The highest BCUT2D eigenvalue weighted by Crippen LogP contribution is 2.44. The minimum absolute atomic E-state index is 0.0635. The van der Waals surface area contributed by atoms with Crippen LogP contribution in [0.15, 0.2) is 48.5 Å². The molecule has 0 spiro atoms. The lowest BCUT2D eigenvalue weighted by Crippen LogP contribution is -2.48. The summed E-state index contributed by atoms with van der Waals surface area (Å²) in [6.07, 6.45) is 1.10. The molecule has 4 rings (SSSR count). The molecule has 2 aromatic rings. The van der Waals surface area contributed by atoms with Crippen LogP contribution >= 0.6 is 0 Å². The van der Waals surface area contributed by atoms with Gasteiger partial charge in [-0.25, -0.2) is 9.59 Å². The van der Waals surface area contributed by atoms with Gasteiger partial charge in [-0.3, -0.25) is 4.79 Å². The first-order chi connectivity index (χ1) is 17.0. The maximum Gasteiger partial charge on any atom is 0.407 e. The van der Waals surface area contributed by atoms with E-state index < -0.39 is 24.2 Å². The van der Waals surface area contributed by atoms with Crippen LogP contribution in [0.2, 0.25) is 0 Å². The Kier molecular flexibility index (Phi) is 8.02. The number of benzene rings is 2. The van der Waals surface area contributed by atoms with Crippen LogP contribution in [0.5, 0.6) is 0 Å². The van der Waals surface area contributed by atoms with Crippen LogP contribution in [-0.2, 0) is 19.1 Å². The number of carboxylic acids is 1. The second-order valence-electron chi connectivity index (χ2n) is 9.09. The molecule has 0 saturated carbocycles. The number of carboxylic acid groups (broad SMARTS) is 1. The van der Waals surface area contributed by atoms with Gasteiger partial charge in [0.2, 0.25) is 5.91 Å². The number of hydrogen-bond donors (Lipinski definition) is 3. The number of aliphatic carboxylic acids is 1. The molecule has 0 bridgehead atoms. The molecule has 3 atom stereocenters. The fraction of sp³-hybridized carbons (Fsp3) is 0.444. The predicted octanol–water partition coefficient (Wildman–Crippen LogP) is 3.69. The summed E-state index contributed by atoms with van der Waals surface area (Å²) in [6.45, 7) is 2.72. The van der Waals surface area contributed by atoms with Gasteiger partial charge in [-0.05, 0) is 35.1 Å². The van der Waals surface area contributed by atoms with Crippen LogP contribution in [0, 0.1) is 5.92 Å². The summed E-state index contributed by atoms with van der Waals surface area (Å²) in [4.78, 5) is 36.8. The first-order valence-electron chi connectivity index (χ1n) is 12.2. The lowest BCUT2D eigenvalue weighted by atomic mass is 9.98. The van der Waals surface area contributed by atoms with Gasteiger partial charge in [-0.15, -0.1) is 0 Å². The molecule has 1 saturated heterocycles. The van der Waals surface area contributed by atoms with Gasteiger partial charge in [0.1, 0.15) is 12.6 Å². The number of unbranched alkanes of at least 4 members (excludes halogenated alkanes) is 1. The molecular formula is C27H32N2O6. The van der Waals surface area contributed by atoms with Crippen molar-refractivity contribution in [3.63, 3.8) is 0 Å². The molecule has 2 unspecified atom stereocenters. The summed E-state index contributed by atoms with van der Waals surface area (Å²) >= 11 is 0. The standard InChI is InChI=1S/C27H32N2O6/c1-2-3-12-23(25(30)28-15-17-13-14-34-24(17)26(31)32)29-27(33)35-16-22-20-10-6-4-8-18(20)19-9-5-7-11-21(19)22/h4-11,17,22-24H,2-3,12-16H2,1H3,(H,28,30)(H,29,33)(H,31,32)/t17?,23-,24?/m0/s1. The van der Waals surface area contributed by atoms with E-state index in [4.69, 9.17) is 9.47 Å². The Morgan fingerprint density at radius 3 is 2.37 bits per heavy atom. The smallest absolute Gasteiger partial charge is 0.407 e. The van der Waals surface area contributed by atoms with Gasteiger partial charge in [0.15, 0.2) is 6.10 Å². The second-order valence-corrected chi connectivity index (χ2v) is 9.09. The average molecular weight is 481 g/mol. The van der Waals surface area contributed by atoms with E-state index in [0.717, 1.165) is 35.1 Å². The molecule has 1 aliphatic heterocycles. The van der Waals surface area contributed by atoms with E-state index in [-0.39, 0.29) is 30.9 Å². The summed E-state index contributed by atoms with van der Waals surface area (Å²) in [5.41, 5.74) is 4.53. The van der Waals surface area contributed by atoms with E-state index in [1.165, 1.54) is 0 Å². The Labute approximate surface area is 205 Å². The molecular weight excluding hydrogens is 448 g/mol. The van der Waals surface area contributed by atoms with Crippen molar-refractivity contribution in [3.8, 4) is 11.1 Å². The molecule has 8 nitrogen and oxygen atoms in total. The number of nitrogens with one attached hydrogen (secondary N) is 2. The monoisotopic (exact) mass is 480 g/mol. The molecule has 0 aromatic heterocycles. The van der Waals surface area contributed by atoms with E-state index in [1.807, 2.05) is 31.2 Å². The van der Waals surface area contributed by atoms with Crippen LogP contribution in [0.1, 0.15) is 49.7 Å². The molecule has 8 heteroatoms. The molecule has 3 N–H and O–H groups in total. The largest absolute Gasteiger partial charge is 0.479 e. The summed E-state index contributed by atoms with van der Waals surface area (Å²) in [5.74, 6) is -1.73. The van der Waals surface area contributed by atoms with Crippen molar-refractivity contribution < 1.29 is 29.0 Å². The van der Waals surface area contributed by atoms with Crippen molar-refractivity contribution in [1.29, 1.82) is 0 Å². The summed E-state index contributed by atoms with van der Waals surface area (Å²) in [6, 6.07) is 15.5. The number of hydrogen-bond acceptors (Lipinski definition) is 5. The van der Waals surface area contributed by atoms with Gasteiger partial charge in [0.25, 0.3) is 0 Å². The lowest BCUT2D eigenvalue weighted by molar-refractivity contribution is -0.149. The Bertz CT molecular complexity index is 1030. The second kappa shape index (κ2) is 11.4. The zero-order valence-corrected chi connectivity index (χ0v) is 19.9. The van der Waals surface area contributed by atoms with E-state index in [2.05, 4.69) is 34.9 Å². The number of rotatable bonds is 10. The van der Waals surface area contributed by atoms with Gasteiger partial charge in [-0.1, -0.05) is 68.3 Å². The van der Waals surface area contributed by atoms with E-state index in [9.17, 15) is 19.5 Å². The van der Waals surface area contributed by atoms with E-state index in [0.29, 0.717) is 19.4 Å². The minimum Gasteiger partial charge on any atom is -0.479 e. The van der Waals surface area contributed by atoms with Crippen LogP contribution < -0.4 is 10.6 Å². The third-order valence-corrected chi connectivity index (χ3v) is 6.79. The number of carbonyl (C=O) groups excluding carboxylic acids is 2. The van der Waals surface area contributed by atoms with Crippen molar-refractivity contribution in [2.45, 2.75) is 50.7 Å². The Hall–Kier alpha value is -3.39. The van der Waals surface area contributed by atoms with Crippen molar-refractivity contribution in [2.24, 2.45) is 5.92 Å². The number of carbonyl (C=O) groups is 3. The van der Waals surface area contributed by atoms with E-state index in [1.54, 1.807) is 0 Å². The highest BCUT2D eigenvalue weighted by molar-refractivity contribution is 5.86. The first-order valence-corrected chi connectivity index (χ1v) is 12.2. The molecule has 1 aliphatic carbocycles. The van der Waals surface area contributed by atoms with Gasteiger partial charge in [-0.2, -0.15) is 0 Å². The molecule has 1 heterocycles. The Morgan fingerprint density at radius 2 is 1.74 bits per heavy atom. The molecule has 186 valence electrons. The molecule has 1 fully saturated rings. The number of ether oxygens (including phenoxy) is 2. The summed E-state index contributed by atoms with van der Waals surface area (Å²) in [5, 5.41) is 14.8. The van der Waals surface area contributed by atoms with Gasteiger partial charge in [0.05, 0.1) is 0 Å². The maximum atomic E-state index is 12.8. The van der Waals surface area contributed by atoms with Crippen molar-refractivity contribution in [1.82, 2.24) is 10.6 Å². The van der Waals surface area contributed by atoms with Crippen LogP contribution in [-0.4, -0.2) is 55.0 Å². The fourth-order valence-corrected chi connectivity index (χ4v) is 4.93. The maximum absolute atomic E-state index is 12.8. The SMILES string of the molecule is CCCC[C@H](NC(=O)OCC1c2ccccc2-c2ccccc21)C(=O)NCC1CCOC1C(=O)O. The quantitative estimate of drug-likeness (QED) is 0.478. The van der Waals surface area contributed by atoms with Gasteiger partial charge in [0, 0.05) is 25.0 Å². The molecule has 35 heavy (non-hydrogen) atoms. The molecule has 2 aromatic carbocycles. The topological polar surface area (TPSA) is 114 Å². The summed E-state index contributed by atoms with van der Waals surface area (Å²) < 4.78 is 10.8. The van der Waals surface area contributed by atoms with Gasteiger partial charge >= 0.3 is 12.1 Å². The average Bonchev–Trinajstić information content (AvgIpc) is 3.47. The van der Waals surface area contributed by atoms with Crippen LogP contribution in [0.4, 0.5) is 4.79 Å². The zero-order chi connectivity index (χ0) is 24.8. The molecule has 2 amide bonds. The summed E-state index contributed by atoms with van der Waals surface area (Å²) in [7, 11) is 0. The third kappa shape index (κ3) is 5.65. The minimum atomic E-state index is -1.03. The number of fused-ring (bicyclic) bond motifs is 3. The Balaban J connectivity index is 1.35. The molecule has 2 aliphatic rings. The highest BCUT2D eigenvalue weighted by atomic mass is 16.5. The fourth-order valence-electron chi connectivity index (χ4n) is 4.93. The van der Waals surface area contributed by atoms with Gasteiger partial charge < -0.3 is 25.2 Å². The third-order valence-electron chi connectivity index (χ3n) is 6.79. The first kappa shape index (κ1) is 24.7. The van der Waals surface area contributed by atoms with E-state index >= 15 is 0 Å². The van der Waals surface area contributed by atoms with Crippen molar-refractivity contribution >= 4 is 18.0 Å². The van der Waals surface area contributed by atoms with Crippen LogP contribution in [0.3, 0.4) is 0 Å². The van der Waals surface area contributed by atoms with Crippen molar-refractivity contribution in [2.75, 3.05) is 19.8 Å². The van der Waals surface area contributed by atoms with Crippen molar-refractivity contribution in [3.05, 3.63) is 59.7 Å². The number of alkyl carbamates (subject to hydrolysis) is 1. The lowest BCUT2D eigenvalue weighted by Gasteiger charge is -2.21. The zero-order valence-electron chi connectivity index (χ0n) is 19.9. The van der Waals surface area contributed by atoms with Crippen LogP contribution in [0.25, 0.3) is 11.1 Å².